The van der Waals surface area contributed by atoms with Gasteiger partial charge in [-0.25, -0.2) is 9.37 Å². The number of carbonyl (C=O) groups excluding carboxylic acids is 1. The molecule has 25 heavy (non-hydrogen) atoms. The van der Waals surface area contributed by atoms with Crippen molar-refractivity contribution in [1.82, 2.24) is 9.97 Å². The monoisotopic (exact) mass is 336 g/mol. The van der Waals surface area contributed by atoms with Crippen LogP contribution in [-0.4, -0.2) is 15.8 Å². The molecule has 0 amide bonds. The van der Waals surface area contributed by atoms with E-state index in [4.69, 9.17) is 0 Å². The molecular formula is C19H17FN4O. The van der Waals surface area contributed by atoms with Gasteiger partial charge in [-0.15, -0.1) is 0 Å². The predicted octanol–water partition coefficient (Wildman–Crippen LogP) is 4.61. The lowest BCUT2D eigenvalue weighted by molar-refractivity contribution is 0.101. The van der Waals surface area contributed by atoms with Crippen molar-refractivity contribution >= 4 is 28.9 Å². The van der Waals surface area contributed by atoms with E-state index >= 15 is 0 Å². The van der Waals surface area contributed by atoms with Gasteiger partial charge < -0.3 is 10.6 Å². The minimum absolute atomic E-state index is 0.0177. The summed E-state index contributed by atoms with van der Waals surface area (Å²) in [5.41, 5.74) is 2.94. The fraction of sp³-hybridized carbons (Fsp3) is 0.105. The number of hydrogen-bond acceptors (Lipinski definition) is 5. The van der Waals surface area contributed by atoms with Gasteiger partial charge in [0.2, 0.25) is 5.95 Å². The minimum atomic E-state index is -0.291. The lowest BCUT2D eigenvalue weighted by Crippen LogP contribution is -2.02. The maximum absolute atomic E-state index is 13.0. The van der Waals surface area contributed by atoms with E-state index in [1.807, 2.05) is 6.92 Å². The molecule has 6 heteroatoms. The quantitative estimate of drug-likeness (QED) is 0.666. The van der Waals surface area contributed by atoms with Crippen molar-refractivity contribution in [1.29, 1.82) is 0 Å². The number of ketones is 1. The number of benzene rings is 2. The van der Waals surface area contributed by atoms with Crippen molar-refractivity contribution in [3.63, 3.8) is 0 Å². The van der Waals surface area contributed by atoms with Crippen LogP contribution >= 0.6 is 0 Å². The molecule has 0 atom stereocenters. The van der Waals surface area contributed by atoms with Gasteiger partial charge in [0.05, 0.1) is 0 Å². The molecule has 0 radical (unpaired) electrons. The minimum Gasteiger partial charge on any atom is -0.340 e. The van der Waals surface area contributed by atoms with Gasteiger partial charge in [-0.3, -0.25) is 4.79 Å². The molecule has 0 fully saturated rings. The molecule has 0 saturated heterocycles. The van der Waals surface area contributed by atoms with E-state index in [1.54, 1.807) is 42.5 Å². The number of nitrogens with one attached hydrogen (secondary N) is 2. The van der Waals surface area contributed by atoms with Crippen molar-refractivity contribution in [3.05, 3.63) is 71.7 Å². The van der Waals surface area contributed by atoms with E-state index in [0.717, 1.165) is 17.1 Å². The molecule has 3 rings (SSSR count). The Morgan fingerprint density at radius 3 is 2.16 bits per heavy atom. The van der Waals surface area contributed by atoms with Crippen molar-refractivity contribution in [2.24, 2.45) is 0 Å². The van der Waals surface area contributed by atoms with E-state index in [9.17, 15) is 9.18 Å². The van der Waals surface area contributed by atoms with Crippen LogP contribution in [-0.2, 0) is 0 Å². The molecule has 3 aromatic rings. The van der Waals surface area contributed by atoms with E-state index in [1.165, 1.54) is 19.1 Å². The molecule has 0 spiro atoms. The lowest BCUT2D eigenvalue weighted by Gasteiger charge is -2.10. The zero-order valence-corrected chi connectivity index (χ0v) is 13.9. The highest BCUT2D eigenvalue weighted by Crippen LogP contribution is 2.20. The average molecular weight is 336 g/mol. The normalized spacial score (nSPS) is 10.4. The van der Waals surface area contributed by atoms with Crippen LogP contribution in [0, 0.1) is 12.7 Å². The highest BCUT2D eigenvalue weighted by atomic mass is 19.1. The molecule has 0 aliphatic carbocycles. The van der Waals surface area contributed by atoms with Gasteiger partial charge >= 0.3 is 0 Å². The second-order valence-electron chi connectivity index (χ2n) is 5.61. The number of carbonyl (C=O) groups is 1. The van der Waals surface area contributed by atoms with Crippen molar-refractivity contribution in [2.45, 2.75) is 13.8 Å². The predicted molar refractivity (Wildman–Crippen MR) is 96.2 cm³/mol. The van der Waals surface area contributed by atoms with Crippen LogP contribution in [0.1, 0.15) is 23.0 Å². The number of anilines is 4. The molecule has 1 heterocycles. The number of halogens is 1. The topological polar surface area (TPSA) is 66.9 Å². The molecule has 2 N–H and O–H groups in total. The highest BCUT2D eigenvalue weighted by Gasteiger charge is 2.05. The number of aryl methyl sites for hydroxylation is 1. The summed E-state index contributed by atoms with van der Waals surface area (Å²) in [6.07, 6.45) is 0. The summed E-state index contributed by atoms with van der Waals surface area (Å²) in [4.78, 5) is 20.1. The van der Waals surface area contributed by atoms with Crippen LogP contribution in [0.4, 0.5) is 27.5 Å². The fourth-order valence-electron chi connectivity index (χ4n) is 2.29. The standard InChI is InChI=1S/C19H17FN4O/c1-12-11-18(22-16-9-5-15(20)6-10-16)24-19(21-12)23-17-7-3-14(4-8-17)13(2)25/h3-11H,1-2H3,(H2,21,22,23,24). The SMILES string of the molecule is CC(=O)c1ccc(Nc2nc(C)cc(Nc3ccc(F)cc3)n2)cc1. The molecular weight excluding hydrogens is 319 g/mol. The molecule has 0 unspecified atom stereocenters. The van der Waals surface area contributed by atoms with Crippen LogP contribution in [0.5, 0.6) is 0 Å². The van der Waals surface area contributed by atoms with Crippen LogP contribution in [0.3, 0.4) is 0 Å². The molecule has 0 saturated carbocycles. The smallest absolute Gasteiger partial charge is 0.229 e. The Balaban J connectivity index is 1.79. The molecule has 0 aliphatic rings. The summed E-state index contributed by atoms with van der Waals surface area (Å²) < 4.78 is 13.0. The number of hydrogen-bond donors (Lipinski definition) is 2. The molecule has 0 aliphatic heterocycles. The second-order valence-corrected chi connectivity index (χ2v) is 5.61. The van der Waals surface area contributed by atoms with E-state index in [-0.39, 0.29) is 11.6 Å². The first kappa shape index (κ1) is 16.6. The molecule has 2 aromatic carbocycles. The van der Waals surface area contributed by atoms with Crippen molar-refractivity contribution in [3.8, 4) is 0 Å². The summed E-state index contributed by atoms with van der Waals surface area (Å²) in [5, 5.41) is 6.23. The van der Waals surface area contributed by atoms with Gasteiger partial charge in [0.15, 0.2) is 5.78 Å². The lowest BCUT2D eigenvalue weighted by atomic mass is 10.1. The Hall–Kier alpha value is -3.28. The molecule has 0 bridgehead atoms. The molecule has 1 aromatic heterocycles. The Kier molecular flexibility index (Phi) is 4.70. The number of rotatable bonds is 5. The van der Waals surface area contributed by atoms with E-state index < -0.39 is 0 Å². The Morgan fingerprint density at radius 2 is 1.52 bits per heavy atom. The summed E-state index contributed by atoms with van der Waals surface area (Å²) in [7, 11) is 0. The largest absolute Gasteiger partial charge is 0.340 e. The Morgan fingerprint density at radius 1 is 0.920 bits per heavy atom. The van der Waals surface area contributed by atoms with E-state index in [0.29, 0.717) is 17.3 Å². The first-order valence-electron chi connectivity index (χ1n) is 7.76. The third kappa shape index (κ3) is 4.38. The van der Waals surface area contributed by atoms with Crippen LogP contribution < -0.4 is 10.6 Å². The van der Waals surface area contributed by atoms with Gasteiger partial charge in [0.1, 0.15) is 11.6 Å². The zero-order chi connectivity index (χ0) is 17.8. The highest BCUT2D eigenvalue weighted by molar-refractivity contribution is 5.94. The van der Waals surface area contributed by atoms with Crippen LogP contribution in [0.2, 0.25) is 0 Å². The van der Waals surface area contributed by atoms with Gasteiger partial charge in [-0.05, 0) is 62.4 Å². The molecule has 126 valence electrons. The van der Waals surface area contributed by atoms with Gasteiger partial charge in [0.25, 0.3) is 0 Å². The Labute approximate surface area is 145 Å². The third-order valence-electron chi connectivity index (χ3n) is 3.52. The first-order chi connectivity index (χ1) is 12.0. The van der Waals surface area contributed by atoms with Gasteiger partial charge in [-0.1, -0.05) is 0 Å². The van der Waals surface area contributed by atoms with E-state index in [2.05, 4.69) is 20.6 Å². The van der Waals surface area contributed by atoms with Crippen LogP contribution in [0.25, 0.3) is 0 Å². The molecule has 5 nitrogen and oxygen atoms in total. The summed E-state index contributed by atoms with van der Waals surface area (Å²) in [5.74, 6) is 0.757. The number of aromatic nitrogens is 2. The van der Waals surface area contributed by atoms with Crippen LogP contribution in [0.15, 0.2) is 54.6 Å². The number of nitrogens with zero attached hydrogens (tertiary/aromatic N) is 2. The van der Waals surface area contributed by atoms with Gasteiger partial charge in [-0.2, -0.15) is 4.98 Å². The summed E-state index contributed by atoms with van der Waals surface area (Å²) >= 11 is 0. The number of Topliss-reactive ketones (excluding diaryl/α,β-unsaturated/α-hetero) is 1. The summed E-state index contributed by atoms with van der Waals surface area (Å²) in [6.45, 7) is 3.39. The Bertz CT molecular complexity index is 892. The zero-order valence-electron chi connectivity index (χ0n) is 13.9. The fourth-order valence-corrected chi connectivity index (χ4v) is 2.29. The summed E-state index contributed by atoms with van der Waals surface area (Å²) in [6, 6.07) is 14.9. The van der Waals surface area contributed by atoms with Gasteiger partial charge in [0, 0.05) is 28.7 Å². The average Bonchev–Trinajstić information content (AvgIpc) is 2.57. The van der Waals surface area contributed by atoms with Crippen molar-refractivity contribution in [2.75, 3.05) is 10.6 Å². The first-order valence-corrected chi connectivity index (χ1v) is 7.76. The maximum atomic E-state index is 13.0. The van der Waals surface area contributed by atoms with Crippen molar-refractivity contribution < 1.29 is 9.18 Å². The second kappa shape index (κ2) is 7.09. The maximum Gasteiger partial charge on any atom is 0.229 e. The third-order valence-corrected chi connectivity index (χ3v) is 3.52.